The van der Waals surface area contributed by atoms with Gasteiger partial charge in [0.2, 0.25) is 0 Å². The van der Waals surface area contributed by atoms with Crippen molar-refractivity contribution in [2.75, 3.05) is 0 Å². The Morgan fingerprint density at radius 2 is 1.53 bits per heavy atom. The molecule has 0 aliphatic rings. The number of carbonyl (C=O) groups excluding carboxylic acids is 1. The molecule has 1 aromatic heterocycles. The highest BCUT2D eigenvalue weighted by Crippen LogP contribution is 2.29. The summed E-state index contributed by atoms with van der Waals surface area (Å²) in [6.45, 7) is 9.26. The molecule has 4 aromatic carbocycles. The molecular weight excluding hydrogens is 440 g/mol. The monoisotopic (exact) mass is 472 g/mol. The van der Waals surface area contributed by atoms with Gasteiger partial charge in [-0.1, -0.05) is 78.9 Å². The lowest BCUT2D eigenvalue weighted by atomic mass is 9.99. The lowest BCUT2D eigenvalue weighted by Gasteiger charge is -2.14. The van der Waals surface area contributed by atoms with Gasteiger partial charge in [-0.25, -0.2) is 0 Å². The standard InChI is InChI=1S/C33H32N2O/c1-22-10-8-9-13-30(22)28-16-14-26(15-17-28)21-35-25(4)23(2)31-20-29(18-19-32(31)35)33(36)34-24(3)27-11-6-5-7-12-27/h5-20,24H,21H2,1-4H3,(H,34,36). The van der Waals surface area contributed by atoms with Crippen LogP contribution in [0.15, 0.2) is 97.1 Å². The van der Waals surface area contributed by atoms with Crippen molar-refractivity contribution in [3.63, 3.8) is 0 Å². The van der Waals surface area contributed by atoms with Gasteiger partial charge in [-0.05, 0) is 79.3 Å². The SMILES string of the molecule is Cc1ccccc1-c1ccc(Cn2c(C)c(C)c3cc(C(=O)NC(C)c4ccccc4)ccc32)cc1. The van der Waals surface area contributed by atoms with E-state index in [0.29, 0.717) is 5.56 Å². The fraction of sp³-hybridized carbons (Fsp3) is 0.182. The summed E-state index contributed by atoms with van der Waals surface area (Å²) >= 11 is 0. The summed E-state index contributed by atoms with van der Waals surface area (Å²) in [4.78, 5) is 13.0. The van der Waals surface area contributed by atoms with Crippen LogP contribution in [0, 0.1) is 20.8 Å². The molecule has 1 heterocycles. The average molecular weight is 473 g/mol. The summed E-state index contributed by atoms with van der Waals surface area (Å²) in [5.74, 6) is -0.0511. The molecule has 3 nitrogen and oxygen atoms in total. The van der Waals surface area contributed by atoms with Gasteiger partial charge >= 0.3 is 0 Å². The zero-order valence-corrected chi connectivity index (χ0v) is 21.4. The molecule has 180 valence electrons. The molecular formula is C33H32N2O. The van der Waals surface area contributed by atoms with E-state index in [1.165, 1.54) is 33.5 Å². The van der Waals surface area contributed by atoms with Gasteiger partial charge in [-0.2, -0.15) is 0 Å². The molecule has 0 aliphatic heterocycles. The Bertz CT molecular complexity index is 1530. The van der Waals surface area contributed by atoms with E-state index in [2.05, 4.69) is 85.3 Å². The van der Waals surface area contributed by atoms with Crippen molar-refractivity contribution in [2.45, 2.75) is 40.3 Å². The number of amides is 1. The van der Waals surface area contributed by atoms with E-state index in [1.54, 1.807) is 0 Å². The molecule has 0 bridgehead atoms. The number of fused-ring (bicyclic) bond motifs is 1. The topological polar surface area (TPSA) is 34.0 Å². The summed E-state index contributed by atoms with van der Waals surface area (Å²) in [6, 6.07) is 33.4. The van der Waals surface area contributed by atoms with Crippen molar-refractivity contribution in [3.8, 4) is 11.1 Å². The summed E-state index contributed by atoms with van der Waals surface area (Å²) in [6.07, 6.45) is 0. The van der Waals surface area contributed by atoms with Crippen LogP contribution in [0.3, 0.4) is 0 Å². The molecule has 5 rings (SSSR count). The predicted octanol–water partition coefficient (Wildman–Crippen LogP) is 7.77. The first-order valence-electron chi connectivity index (χ1n) is 12.5. The fourth-order valence-electron chi connectivity index (χ4n) is 4.97. The highest BCUT2D eigenvalue weighted by Gasteiger charge is 2.16. The van der Waals surface area contributed by atoms with Gasteiger partial charge in [0.05, 0.1) is 6.04 Å². The molecule has 1 atom stereocenters. The maximum absolute atomic E-state index is 13.0. The van der Waals surface area contributed by atoms with Crippen LogP contribution >= 0.6 is 0 Å². The molecule has 0 fully saturated rings. The summed E-state index contributed by atoms with van der Waals surface area (Å²) in [5, 5.41) is 4.26. The first-order valence-corrected chi connectivity index (χ1v) is 12.5. The second kappa shape index (κ2) is 9.87. The number of aromatic nitrogens is 1. The van der Waals surface area contributed by atoms with E-state index in [4.69, 9.17) is 0 Å². The van der Waals surface area contributed by atoms with E-state index in [1.807, 2.05) is 49.4 Å². The van der Waals surface area contributed by atoms with Crippen LogP contribution < -0.4 is 5.32 Å². The molecule has 0 aliphatic carbocycles. The molecule has 3 heteroatoms. The van der Waals surface area contributed by atoms with Crippen molar-refractivity contribution in [3.05, 3.63) is 131 Å². The second-order valence-corrected chi connectivity index (χ2v) is 9.65. The minimum absolute atomic E-state index is 0.0511. The molecule has 5 aromatic rings. The maximum Gasteiger partial charge on any atom is 0.251 e. The minimum Gasteiger partial charge on any atom is -0.346 e. The molecule has 36 heavy (non-hydrogen) atoms. The van der Waals surface area contributed by atoms with Gasteiger partial charge < -0.3 is 9.88 Å². The number of nitrogens with one attached hydrogen (secondary N) is 1. The van der Waals surface area contributed by atoms with Crippen molar-refractivity contribution in [1.29, 1.82) is 0 Å². The Labute approximate surface area is 213 Å². The third-order valence-corrected chi connectivity index (χ3v) is 7.30. The Morgan fingerprint density at radius 3 is 2.25 bits per heavy atom. The fourth-order valence-corrected chi connectivity index (χ4v) is 4.97. The quantitative estimate of drug-likeness (QED) is 0.269. The Balaban J connectivity index is 1.39. The lowest BCUT2D eigenvalue weighted by Crippen LogP contribution is -2.26. The first-order chi connectivity index (χ1) is 17.4. The zero-order chi connectivity index (χ0) is 25.2. The highest BCUT2D eigenvalue weighted by atomic mass is 16.1. The van der Waals surface area contributed by atoms with Crippen LogP contribution in [0.4, 0.5) is 0 Å². The van der Waals surface area contributed by atoms with Crippen molar-refractivity contribution < 1.29 is 4.79 Å². The van der Waals surface area contributed by atoms with Crippen LogP contribution in [0.2, 0.25) is 0 Å². The highest BCUT2D eigenvalue weighted by molar-refractivity contribution is 5.99. The molecule has 0 spiro atoms. The van der Waals surface area contributed by atoms with E-state index >= 15 is 0 Å². The van der Waals surface area contributed by atoms with Gasteiger partial charge in [0.25, 0.3) is 5.91 Å². The summed E-state index contributed by atoms with van der Waals surface area (Å²) in [7, 11) is 0. The number of aryl methyl sites for hydroxylation is 2. The smallest absolute Gasteiger partial charge is 0.251 e. The zero-order valence-electron chi connectivity index (χ0n) is 21.4. The summed E-state index contributed by atoms with van der Waals surface area (Å²) < 4.78 is 2.35. The van der Waals surface area contributed by atoms with Gasteiger partial charge in [0, 0.05) is 28.7 Å². The largest absolute Gasteiger partial charge is 0.346 e. The molecule has 1 unspecified atom stereocenters. The van der Waals surface area contributed by atoms with E-state index in [0.717, 1.165) is 23.0 Å². The minimum atomic E-state index is -0.0514. The van der Waals surface area contributed by atoms with Gasteiger partial charge in [0.1, 0.15) is 0 Å². The van der Waals surface area contributed by atoms with E-state index in [-0.39, 0.29) is 11.9 Å². The number of hydrogen-bond donors (Lipinski definition) is 1. The van der Waals surface area contributed by atoms with E-state index in [9.17, 15) is 4.79 Å². The molecule has 0 radical (unpaired) electrons. The molecule has 1 N–H and O–H groups in total. The Hall–Kier alpha value is -4.11. The van der Waals surface area contributed by atoms with Crippen LogP contribution in [0.1, 0.15) is 51.3 Å². The first kappa shape index (κ1) is 23.6. The second-order valence-electron chi connectivity index (χ2n) is 9.65. The summed E-state index contributed by atoms with van der Waals surface area (Å²) in [5.41, 5.74) is 10.4. The predicted molar refractivity (Wildman–Crippen MR) is 149 cm³/mol. The van der Waals surface area contributed by atoms with Crippen molar-refractivity contribution in [2.24, 2.45) is 0 Å². The van der Waals surface area contributed by atoms with E-state index < -0.39 is 0 Å². The number of rotatable bonds is 6. The molecule has 0 saturated heterocycles. The van der Waals surface area contributed by atoms with Crippen LogP contribution in [0.25, 0.3) is 22.0 Å². The van der Waals surface area contributed by atoms with Crippen LogP contribution in [0.5, 0.6) is 0 Å². The van der Waals surface area contributed by atoms with Crippen LogP contribution in [-0.2, 0) is 6.54 Å². The van der Waals surface area contributed by atoms with Crippen LogP contribution in [-0.4, -0.2) is 10.5 Å². The molecule has 1 amide bonds. The Kier molecular flexibility index (Phi) is 6.47. The number of hydrogen-bond acceptors (Lipinski definition) is 1. The average Bonchev–Trinajstić information content (AvgIpc) is 3.14. The third-order valence-electron chi connectivity index (χ3n) is 7.30. The van der Waals surface area contributed by atoms with Crippen molar-refractivity contribution >= 4 is 16.8 Å². The number of benzene rings is 4. The third kappa shape index (κ3) is 4.57. The van der Waals surface area contributed by atoms with Crippen molar-refractivity contribution in [1.82, 2.24) is 9.88 Å². The number of carbonyl (C=O) groups is 1. The maximum atomic E-state index is 13.0. The normalized spacial score (nSPS) is 12.0. The lowest BCUT2D eigenvalue weighted by molar-refractivity contribution is 0.0940. The molecule has 0 saturated carbocycles. The Morgan fingerprint density at radius 1 is 0.833 bits per heavy atom. The van der Waals surface area contributed by atoms with Gasteiger partial charge in [-0.3, -0.25) is 4.79 Å². The number of nitrogens with zero attached hydrogens (tertiary/aromatic N) is 1. The van der Waals surface area contributed by atoms with Gasteiger partial charge in [-0.15, -0.1) is 0 Å². The van der Waals surface area contributed by atoms with Gasteiger partial charge in [0.15, 0.2) is 0 Å².